The van der Waals surface area contributed by atoms with Crippen LogP contribution in [0.5, 0.6) is 5.75 Å². The summed E-state index contributed by atoms with van der Waals surface area (Å²) in [6.07, 6.45) is 7.64. The fraction of sp³-hybridized carbons (Fsp3) is 0.176. The van der Waals surface area contributed by atoms with E-state index < -0.39 is 0 Å². The van der Waals surface area contributed by atoms with Crippen molar-refractivity contribution < 1.29 is 4.74 Å². The molecule has 0 unspecified atom stereocenters. The molecule has 0 aliphatic heterocycles. The second-order valence-electron chi connectivity index (χ2n) is 5.35. The molecule has 0 aliphatic rings. The van der Waals surface area contributed by atoms with Gasteiger partial charge in [-0.15, -0.1) is 0 Å². The molecule has 0 saturated heterocycles. The Hall–Kier alpha value is -3.22. The van der Waals surface area contributed by atoms with Crippen molar-refractivity contribution in [3.05, 3.63) is 48.7 Å². The summed E-state index contributed by atoms with van der Waals surface area (Å²) < 4.78 is 5.31. The van der Waals surface area contributed by atoms with Crippen LogP contribution in [0, 0.1) is 0 Å². The fourth-order valence-corrected chi connectivity index (χ4v) is 2.73. The molecular weight excluding hydrogens is 304 g/mol. The van der Waals surface area contributed by atoms with Crippen LogP contribution in [0.15, 0.2) is 43.1 Å². The number of fused-ring (bicyclic) bond motifs is 2. The van der Waals surface area contributed by atoms with E-state index in [9.17, 15) is 0 Å². The highest BCUT2D eigenvalue weighted by atomic mass is 16.5. The number of benzene rings is 1. The average Bonchev–Trinajstić information content (AvgIpc) is 3.04. The first-order valence-electron chi connectivity index (χ1n) is 7.65. The molecule has 7 heteroatoms. The van der Waals surface area contributed by atoms with Gasteiger partial charge in [0, 0.05) is 36.0 Å². The Morgan fingerprint density at radius 1 is 1.12 bits per heavy atom. The molecule has 0 aliphatic carbocycles. The lowest BCUT2D eigenvalue weighted by Gasteiger charge is -2.07. The van der Waals surface area contributed by atoms with Crippen molar-refractivity contribution in [3.63, 3.8) is 0 Å². The molecule has 120 valence electrons. The Bertz CT molecular complexity index is 991. The van der Waals surface area contributed by atoms with Gasteiger partial charge in [0.1, 0.15) is 17.6 Å². The summed E-state index contributed by atoms with van der Waals surface area (Å²) in [5.41, 5.74) is 3.59. The quantitative estimate of drug-likeness (QED) is 0.587. The standard InChI is InChI=1S/C17H16N6O/c1-24-12-2-3-14-13(8-12)11(9-21-14)4-5-19-16-15-17(23-10-22-16)20-7-6-18-15/h2-3,6-10,21H,4-5H2,1H3,(H,19,20,22,23). The van der Waals surface area contributed by atoms with E-state index in [-0.39, 0.29) is 0 Å². The summed E-state index contributed by atoms with van der Waals surface area (Å²) in [6.45, 7) is 0.729. The third kappa shape index (κ3) is 2.60. The van der Waals surface area contributed by atoms with E-state index in [1.54, 1.807) is 19.5 Å². The second kappa shape index (κ2) is 6.11. The first kappa shape index (κ1) is 14.4. The van der Waals surface area contributed by atoms with Crippen LogP contribution in [0.2, 0.25) is 0 Å². The van der Waals surface area contributed by atoms with Crippen molar-refractivity contribution in [1.29, 1.82) is 0 Å². The molecule has 4 aromatic rings. The molecule has 0 amide bonds. The molecule has 2 N–H and O–H groups in total. The number of H-pyrrole nitrogens is 1. The SMILES string of the molecule is COc1ccc2[nH]cc(CCNc3ncnc4nccnc34)c2c1. The number of ether oxygens (including phenoxy) is 1. The van der Waals surface area contributed by atoms with E-state index in [0.29, 0.717) is 17.0 Å². The van der Waals surface area contributed by atoms with Crippen molar-refractivity contribution >= 4 is 27.9 Å². The smallest absolute Gasteiger partial charge is 0.183 e. The third-order valence-corrected chi connectivity index (χ3v) is 3.93. The van der Waals surface area contributed by atoms with E-state index in [4.69, 9.17) is 4.74 Å². The molecule has 1 aromatic carbocycles. The first-order valence-corrected chi connectivity index (χ1v) is 7.65. The first-order chi connectivity index (χ1) is 11.8. The average molecular weight is 320 g/mol. The van der Waals surface area contributed by atoms with Gasteiger partial charge in [-0.2, -0.15) is 0 Å². The molecule has 0 saturated carbocycles. The van der Waals surface area contributed by atoms with Crippen LogP contribution >= 0.6 is 0 Å². The predicted octanol–water partition coefficient (Wildman–Crippen LogP) is 2.56. The summed E-state index contributed by atoms with van der Waals surface area (Å²) in [5.74, 6) is 1.55. The Labute approximate surface area is 138 Å². The number of nitrogens with zero attached hydrogens (tertiary/aromatic N) is 4. The summed E-state index contributed by atoms with van der Waals surface area (Å²) >= 11 is 0. The van der Waals surface area contributed by atoms with Gasteiger partial charge >= 0.3 is 0 Å². The van der Waals surface area contributed by atoms with Crippen molar-refractivity contribution in [3.8, 4) is 5.75 Å². The Morgan fingerprint density at radius 3 is 2.96 bits per heavy atom. The number of aromatic nitrogens is 5. The lowest BCUT2D eigenvalue weighted by molar-refractivity contribution is 0.415. The number of rotatable bonds is 5. The molecule has 0 fully saturated rings. The van der Waals surface area contributed by atoms with Crippen LogP contribution in [-0.4, -0.2) is 38.6 Å². The van der Waals surface area contributed by atoms with Gasteiger partial charge in [-0.3, -0.25) is 0 Å². The Balaban J connectivity index is 1.53. The van der Waals surface area contributed by atoms with E-state index in [2.05, 4.69) is 30.2 Å². The molecule has 3 aromatic heterocycles. The zero-order valence-corrected chi connectivity index (χ0v) is 13.2. The molecule has 0 spiro atoms. The van der Waals surface area contributed by atoms with Gasteiger partial charge < -0.3 is 15.0 Å². The van der Waals surface area contributed by atoms with Crippen LogP contribution in [0.1, 0.15) is 5.56 Å². The van der Waals surface area contributed by atoms with Crippen LogP contribution in [-0.2, 0) is 6.42 Å². The van der Waals surface area contributed by atoms with Gasteiger partial charge in [0.15, 0.2) is 11.5 Å². The summed E-state index contributed by atoms with van der Waals surface area (Å²) in [7, 11) is 1.68. The van der Waals surface area contributed by atoms with E-state index in [0.717, 1.165) is 24.2 Å². The van der Waals surface area contributed by atoms with Crippen molar-refractivity contribution in [2.75, 3.05) is 19.0 Å². The number of anilines is 1. The van der Waals surface area contributed by atoms with Gasteiger partial charge in [0.25, 0.3) is 0 Å². The number of nitrogens with one attached hydrogen (secondary N) is 2. The van der Waals surface area contributed by atoms with Crippen LogP contribution in [0.25, 0.3) is 22.1 Å². The van der Waals surface area contributed by atoms with Crippen molar-refractivity contribution in [2.24, 2.45) is 0 Å². The molecule has 3 heterocycles. The fourth-order valence-electron chi connectivity index (χ4n) is 2.73. The minimum Gasteiger partial charge on any atom is -0.497 e. The van der Waals surface area contributed by atoms with Gasteiger partial charge in [-0.05, 0) is 30.2 Å². The van der Waals surface area contributed by atoms with Crippen molar-refractivity contribution in [2.45, 2.75) is 6.42 Å². The maximum Gasteiger partial charge on any atom is 0.183 e. The Morgan fingerprint density at radius 2 is 2.04 bits per heavy atom. The zero-order chi connectivity index (χ0) is 16.4. The molecule has 24 heavy (non-hydrogen) atoms. The maximum atomic E-state index is 5.31. The topological polar surface area (TPSA) is 88.6 Å². The highest BCUT2D eigenvalue weighted by molar-refractivity contribution is 5.85. The lowest BCUT2D eigenvalue weighted by atomic mass is 10.1. The minimum absolute atomic E-state index is 0.590. The molecule has 4 rings (SSSR count). The normalized spacial score (nSPS) is 11.0. The van der Waals surface area contributed by atoms with Crippen LogP contribution in [0.3, 0.4) is 0 Å². The zero-order valence-electron chi connectivity index (χ0n) is 13.2. The number of hydrogen-bond donors (Lipinski definition) is 2. The van der Waals surface area contributed by atoms with E-state index >= 15 is 0 Å². The summed E-state index contributed by atoms with van der Waals surface area (Å²) in [6, 6.07) is 6.03. The van der Waals surface area contributed by atoms with Crippen LogP contribution in [0.4, 0.5) is 5.82 Å². The summed E-state index contributed by atoms with van der Waals surface area (Å²) in [4.78, 5) is 20.1. The molecule has 7 nitrogen and oxygen atoms in total. The highest BCUT2D eigenvalue weighted by Crippen LogP contribution is 2.24. The maximum absolute atomic E-state index is 5.31. The second-order valence-corrected chi connectivity index (χ2v) is 5.35. The summed E-state index contributed by atoms with van der Waals surface area (Å²) in [5, 5.41) is 4.49. The predicted molar refractivity (Wildman–Crippen MR) is 92.2 cm³/mol. The molecular formula is C17H16N6O. The minimum atomic E-state index is 0.590. The largest absolute Gasteiger partial charge is 0.497 e. The van der Waals surface area contributed by atoms with Crippen molar-refractivity contribution in [1.82, 2.24) is 24.9 Å². The van der Waals surface area contributed by atoms with E-state index in [1.165, 1.54) is 17.3 Å². The number of methoxy groups -OCH3 is 1. The lowest BCUT2D eigenvalue weighted by Crippen LogP contribution is -2.07. The monoisotopic (exact) mass is 320 g/mol. The van der Waals surface area contributed by atoms with Gasteiger partial charge in [-0.1, -0.05) is 0 Å². The van der Waals surface area contributed by atoms with E-state index in [1.807, 2.05) is 24.4 Å². The third-order valence-electron chi connectivity index (χ3n) is 3.93. The highest BCUT2D eigenvalue weighted by Gasteiger charge is 2.07. The Kier molecular flexibility index (Phi) is 3.66. The number of hydrogen-bond acceptors (Lipinski definition) is 6. The molecule has 0 radical (unpaired) electrons. The van der Waals surface area contributed by atoms with Gasteiger partial charge in [0.05, 0.1) is 7.11 Å². The van der Waals surface area contributed by atoms with Gasteiger partial charge in [0.2, 0.25) is 0 Å². The number of aromatic amines is 1. The molecule has 0 bridgehead atoms. The van der Waals surface area contributed by atoms with Gasteiger partial charge in [-0.25, -0.2) is 19.9 Å². The molecule has 0 atom stereocenters. The van der Waals surface area contributed by atoms with Crippen LogP contribution < -0.4 is 10.1 Å².